The molecule has 2 N–H and O–H groups in total. The number of nitrogens with two attached hydrogens (primary N) is 1. The molecule has 4 aliphatic carbocycles. The Balaban J connectivity index is 0.00000147. The smallest absolute Gasteiger partial charge is 0.191 e. The molecule has 0 heterocycles. The summed E-state index contributed by atoms with van der Waals surface area (Å²) in [5.41, 5.74) is 6.66. The molecule has 4 aliphatic rings. The average Bonchev–Trinajstić information content (AvgIpc) is 2.36. The molecule has 0 radical (unpaired) electrons. The molecule has 0 aromatic heterocycles. The van der Waals surface area contributed by atoms with Crippen LogP contribution in [0.5, 0.6) is 0 Å². The van der Waals surface area contributed by atoms with Crippen molar-refractivity contribution in [2.75, 3.05) is 19.6 Å². The van der Waals surface area contributed by atoms with Crippen LogP contribution in [0.25, 0.3) is 0 Å². The maximum atomic E-state index is 6.14. The van der Waals surface area contributed by atoms with Crippen molar-refractivity contribution in [3.05, 3.63) is 0 Å². The van der Waals surface area contributed by atoms with Gasteiger partial charge in [0, 0.05) is 19.6 Å². The Morgan fingerprint density at radius 2 is 1.50 bits per heavy atom. The maximum Gasteiger partial charge on any atom is 0.191 e. The van der Waals surface area contributed by atoms with Crippen LogP contribution in [-0.4, -0.2) is 30.5 Å². The Hall–Kier alpha value is 0. The Morgan fingerprint density at radius 1 is 1.05 bits per heavy atom. The quantitative estimate of drug-likeness (QED) is 0.453. The molecule has 0 unspecified atom stereocenters. The van der Waals surface area contributed by atoms with E-state index in [4.69, 9.17) is 10.7 Å². The molecule has 4 fully saturated rings. The zero-order chi connectivity index (χ0) is 13.5. The fourth-order valence-corrected chi connectivity index (χ4v) is 5.38. The fraction of sp³-hybridized carbons (Fsp3) is 0.938. The molecule has 0 amide bonds. The Kier molecular flexibility index (Phi) is 5.24. The highest BCUT2D eigenvalue weighted by molar-refractivity contribution is 14.0. The van der Waals surface area contributed by atoms with Crippen molar-refractivity contribution in [3.8, 4) is 0 Å². The highest BCUT2D eigenvalue weighted by Gasteiger charge is 2.50. The minimum atomic E-state index is 0. The van der Waals surface area contributed by atoms with Crippen molar-refractivity contribution in [1.29, 1.82) is 0 Å². The number of rotatable bonds is 4. The summed E-state index contributed by atoms with van der Waals surface area (Å²) < 4.78 is 0. The van der Waals surface area contributed by atoms with Crippen LogP contribution >= 0.6 is 24.0 Å². The molecule has 4 bridgehead atoms. The van der Waals surface area contributed by atoms with E-state index in [1.165, 1.54) is 38.5 Å². The van der Waals surface area contributed by atoms with Crippen molar-refractivity contribution >= 4 is 29.9 Å². The fourth-order valence-electron chi connectivity index (χ4n) is 5.38. The van der Waals surface area contributed by atoms with Gasteiger partial charge in [-0.15, -0.1) is 24.0 Å². The van der Waals surface area contributed by atoms with E-state index in [1.54, 1.807) is 0 Å². The van der Waals surface area contributed by atoms with E-state index in [0.29, 0.717) is 5.41 Å². The van der Waals surface area contributed by atoms with Crippen molar-refractivity contribution in [2.24, 2.45) is 33.9 Å². The van der Waals surface area contributed by atoms with Gasteiger partial charge in [0.25, 0.3) is 0 Å². The number of guanidine groups is 1. The second kappa shape index (κ2) is 6.41. The minimum absolute atomic E-state index is 0. The lowest BCUT2D eigenvalue weighted by molar-refractivity contribution is -0.0466. The number of aliphatic imine (C=N–C) groups is 1. The van der Waals surface area contributed by atoms with Crippen molar-refractivity contribution in [2.45, 2.75) is 52.4 Å². The summed E-state index contributed by atoms with van der Waals surface area (Å²) in [6, 6.07) is 0. The van der Waals surface area contributed by atoms with Gasteiger partial charge < -0.3 is 10.6 Å². The topological polar surface area (TPSA) is 41.6 Å². The van der Waals surface area contributed by atoms with Crippen LogP contribution in [0.2, 0.25) is 0 Å². The average molecular weight is 391 g/mol. The number of hydrogen-bond donors (Lipinski definition) is 1. The van der Waals surface area contributed by atoms with Crippen molar-refractivity contribution < 1.29 is 0 Å². The monoisotopic (exact) mass is 391 g/mol. The molecule has 0 aliphatic heterocycles. The predicted octanol–water partition coefficient (Wildman–Crippen LogP) is 3.48. The van der Waals surface area contributed by atoms with Crippen LogP contribution in [0.15, 0.2) is 4.99 Å². The third-order valence-corrected chi connectivity index (χ3v) is 5.83. The molecule has 20 heavy (non-hydrogen) atoms. The second-order valence-corrected chi connectivity index (χ2v) is 7.26. The summed E-state index contributed by atoms with van der Waals surface area (Å²) in [6.45, 7) is 7.21. The van der Waals surface area contributed by atoms with E-state index in [2.05, 4.69) is 18.7 Å². The molecule has 0 atom stereocenters. The second-order valence-electron chi connectivity index (χ2n) is 7.26. The lowest BCUT2D eigenvalue weighted by Crippen LogP contribution is -2.48. The maximum absolute atomic E-state index is 6.14. The summed E-state index contributed by atoms with van der Waals surface area (Å²) in [7, 11) is 0. The molecule has 0 spiro atoms. The molecule has 116 valence electrons. The van der Waals surface area contributed by atoms with E-state index < -0.39 is 0 Å². The molecular formula is C16H30IN3. The van der Waals surface area contributed by atoms with E-state index in [0.717, 1.165) is 43.3 Å². The number of halogens is 1. The van der Waals surface area contributed by atoms with Gasteiger partial charge in [0.2, 0.25) is 0 Å². The third-order valence-electron chi connectivity index (χ3n) is 5.83. The minimum Gasteiger partial charge on any atom is -0.370 e. The molecule has 3 nitrogen and oxygen atoms in total. The first-order valence-electron chi connectivity index (χ1n) is 8.19. The number of hydrogen-bond acceptors (Lipinski definition) is 1. The SMILES string of the molecule is CCN(CC)C(N)=NCC12CC3CC(CC(C3)C1)C2.I. The summed E-state index contributed by atoms with van der Waals surface area (Å²) in [4.78, 5) is 6.94. The summed E-state index contributed by atoms with van der Waals surface area (Å²) in [6.07, 6.45) is 8.80. The Bertz CT molecular complexity index is 327. The molecule has 0 saturated heterocycles. The Morgan fingerprint density at radius 3 is 1.90 bits per heavy atom. The van der Waals surface area contributed by atoms with Crippen LogP contribution in [0.3, 0.4) is 0 Å². The Labute approximate surface area is 140 Å². The zero-order valence-corrected chi connectivity index (χ0v) is 15.3. The highest BCUT2D eigenvalue weighted by atomic mass is 127. The summed E-state index contributed by atoms with van der Waals surface area (Å²) in [5.74, 6) is 3.80. The van der Waals surface area contributed by atoms with Gasteiger partial charge in [-0.2, -0.15) is 0 Å². The molecule has 0 aromatic carbocycles. The number of nitrogens with zero attached hydrogens (tertiary/aromatic N) is 2. The van der Waals surface area contributed by atoms with Gasteiger partial charge >= 0.3 is 0 Å². The molecule has 4 saturated carbocycles. The van der Waals surface area contributed by atoms with Gasteiger partial charge in [0.1, 0.15) is 0 Å². The molecular weight excluding hydrogens is 361 g/mol. The first-order chi connectivity index (χ1) is 9.14. The first-order valence-corrected chi connectivity index (χ1v) is 8.19. The van der Waals surface area contributed by atoms with Gasteiger partial charge in [-0.25, -0.2) is 0 Å². The van der Waals surface area contributed by atoms with E-state index in [-0.39, 0.29) is 24.0 Å². The standard InChI is InChI=1S/C16H29N3.HI/c1-3-19(4-2)15(17)18-11-16-8-12-5-13(9-16)7-14(6-12)10-16;/h12-14H,3-11H2,1-2H3,(H2,17,18);1H. The van der Waals surface area contributed by atoms with Crippen LogP contribution in [0.4, 0.5) is 0 Å². The largest absolute Gasteiger partial charge is 0.370 e. The van der Waals surface area contributed by atoms with Crippen molar-refractivity contribution in [3.63, 3.8) is 0 Å². The summed E-state index contributed by atoms with van der Waals surface area (Å²) in [5, 5.41) is 0. The van der Waals surface area contributed by atoms with E-state index >= 15 is 0 Å². The molecule has 0 aromatic rings. The van der Waals surface area contributed by atoms with Crippen LogP contribution in [-0.2, 0) is 0 Å². The van der Waals surface area contributed by atoms with Crippen molar-refractivity contribution in [1.82, 2.24) is 4.90 Å². The zero-order valence-electron chi connectivity index (χ0n) is 13.0. The van der Waals surface area contributed by atoms with E-state index in [1.807, 2.05) is 0 Å². The van der Waals surface area contributed by atoms with Gasteiger partial charge in [0.05, 0.1) is 0 Å². The van der Waals surface area contributed by atoms with Crippen LogP contribution in [0, 0.1) is 23.2 Å². The lowest BCUT2D eigenvalue weighted by atomic mass is 9.49. The third kappa shape index (κ3) is 3.09. The van der Waals surface area contributed by atoms with Gasteiger partial charge in [-0.05, 0) is 75.5 Å². The lowest BCUT2D eigenvalue weighted by Gasteiger charge is -2.56. The highest BCUT2D eigenvalue weighted by Crippen LogP contribution is 2.60. The first kappa shape index (κ1) is 16.4. The van der Waals surface area contributed by atoms with Gasteiger partial charge in [-0.1, -0.05) is 0 Å². The van der Waals surface area contributed by atoms with Gasteiger partial charge in [-0.3, -0.25) is 4.99 Å². The summed E-state index contributed by atoms with van der Waals surface area (Å²) >= 11 is 0. The molecule has 4 rings (SSSR count). The van der Waals surface area contributed by atoms with E-state index in [9.17, 15) is 0 Å². The van der Waals surface area contributed by atoms with Gasteiger partial charge in [0.15, 0.2) is 5.96 Å². The van der Waals surface area contributed by atoms with Crippen LogP contribution < -0.4 is 5.73 Å². The molecule has 4 heteroatoms. The van der Waals surface area contributed by atoms with Crippen LogP contribution in [0.1, 0.15) is 52.4 Å². The predicted molar refractivity (Wildman–Crippen MR) is 95.4 cm³/mol. The normalized spacial score (nSPS) is 38.7.